The van der Waals surface area contributed by atoms with Gasteiger partial charge in [0.05, 0.1) is 37.1 Å². The second kappa shape index (κ2) is 7.63. The van der Waals surface area contributed by atoms with Crippen molar-refractivity contribution in [2.45, 2.75) is 0 Å². The average Bonchev–Trinajstić information content (AvgIpc) is 3.01. The number of amides is 1. The van der Waals surface area contributed by atoms with E-state index in [1.807, 2.05) is 7.05 Å². The third kappa shape index (κ3) is 3.70. The van der Waals surface area contributed by atoms with E-state index in [-0.39, 0.29) is 0 Å². The van der Waals surface area contributed by atoms with E-state index in [2.05, 4.69) is 4.99 Å². The van der Waals surface area contributed by atoms with Crippen LogP contribution in [0.5, 0.6) is 11.5 Å². The van der Waals surface area contributed by atoms with Crippen LogP contribution in [0.4, 0.5) is 0 Å². The van der Waals surface area contributed by atoms with E-state index in [0.717, 1.165) is 10.2 Å². The third-order valence-electron chi connectivity index (χ3n) is 4.03. The number of esters is 1. The minimum Gasteiger partial charge on any atom is -0.497 e. The lowest BCUT2D eigenvalue weighted by molar-refractivity contribution is 0.0601. The minimum absolute atomic E-state index is 0.360. The average molecular weight is 386 g/mol. The molecule has 0 atom stereocenters. The molecule has 0 saturated carbocycles. The van der Waals surface area contributed by atoms with Crippen molar-refractivity contribution in [1.82, 2.24) is 4.57 Å². The summed E-state index contributed by atoms with van der Waals surface area (Å²) in [7, 11) is 6.19. The Morgan fingerprint density at radius 2 is 1.63 bits per heavy atom. The second-order valence-electron chi connectivity index (χ2n) is 5.64. The molecule has 0 aliphatic carbocycles. The molecule has 0 unspecified atom stereocenters. The van der Waals surface area contributed by atoms with Crippen molar-refractivity contribution in [3.63, 3.8) is 0 Å². The number of thiazole rings is 1. The Kier molecular flexibility index (Phi) is 5.27. The highest BCUT2D eigenvalue weighted by molar-refractivity contribution is 7.16. The molecule has 3 aromatic rings. The summed E-state index contributed by atoms with van der Waals surface area (Å²) in [5, 5.41) is 0. The number of nitrogens with zero attached hydrogens (tertiary/aromatic N) is 2. The molecule has 0 fully saturated rings. The Balaban J connectivity index is 2.06. The molecule has 140 valence electrons. The van der Waals surface area contributed by atoms with E-state index >= 15 is 0 Å². The maximum atomic E-state index is 12.6. The van der Waals surface area contributed by atoms with Gasteiger partial charge in [0.25, 0.3) is 5.91 Å². The van der Waals surface area contributed by atoms with Crippen LogP contribution in [-0.2, 0) is 11.8 Å². The molecule has 0 N–H and O–H groups in total. The van der Waals surface area contributed by atoms with Crippen molar-refractivity contribution < 1.29 is 23.8 Å². The lowest BCUT2D eigenvalue weighted by Gasteiger charge is -2.05. The number of benzene rings is 2. The fraction of sp³-hybridized carbons (Fsp3) is 0.211. The molecule has 0 aliphatic heterocycles. The second-order valence-corrected chi connectivity index (χ2v) is 6.65. The Morgan fingerprint density at radius 1 is 0.963 bits per heavy atom. The van der Waals surface area contributed by atoms with Crippen LogP contribution in [0, 0.1) is 0 Å². The molecule has 1 heterocycles. The first kappa shape index (κ1) is 18.7. The first-order valence-corrected chi connectivity index (χ1v) is 8.78. The molecule has 1 amide bonds. The van der Waals surface area contributed by atoms with Crippen LogP contribution in [0.15, 0.2) is 41.4 Å². The number of ether oxygens (including phenoxy) is 3. The van der Waals surface area contributed by atoms with Gasteiger partial charge in [-0.3, -0.25) is 4.79 Å². The van der Waals surface area contributed by atoms with Gasteiger partial charge in [-0.05, 0) is 30.3 Å². The molecule has 0 bridgehead atoms. The number of fused-ring (bicyclic) bond motifs is 1. The van der Waals surface area contributed by atoms with E-state index in [1.165, 1.54) is 32.7 Å². The van der Waals surface area contributed by atoms with E-state index in [9.17, 15) is 9.59 Å². The molecule has 0 radical (unpaired) electrons. The fourth-order valence-electron chi connectivity index (χ4n) is 2.57. The number of rotatable bonds is 4. The van der Waals surface area contributed by atoms with Gasteiger partial charge in [0, 0.05) is 18.7 Å². The molecule has 3 rings (SSSR count). The maximum absolute atomic E-state index is 12.6. The summed E-state index contributed by atoms with van der Waals surface area (Å²) >= 11 is 1.31. The minimum atomic E-state index is -0.414. The zero-order chi connectivity index (χ0) is 19.6. The predicted octanol–water partition coefficient (Wildman–Crippen LogP) is 2.78. The summed E-state index contributed by atoms with van der Waals surface area (Å²) in [5.41, 5.74) is 1.67. The number of aromatic nitrogens is 1. The van der Waals surface area contributed by atoms with Crippen molar-refractivity contribution >= 4 is 33.4 Å². The van der Waals surface area contributed by atoms with Gasteiger partial charge in [-0.2, -0.15) is 4.99 Å². The van der Waals surface area contributed by atoms with E-state index < -0.39 is 11.9 Å². The van der Waals surface area contributed by atoms with Gasteiger partial charge in [-0.1, -0.05) is 11.3 Å². The number of hydrogen-bond donors (Lipinski definition) is 0. The summed E-state index contributed by atoms with van der Waals surface area (Å²) in [6.45, 7) is 0. The highest BCUT2D eigenvalue weighted by Gasteiger charge is 2.12. The van der Waals surface area contributed by atoms with Crippen LogP contribution in [0.2, 0.25) is 0 Å². The van der Waals surface area contributed by atoms with Crippen molar-refractivity contribution in [3.05, 3.63) is 52.3 Å². The normalized spacial score (nSPS) is 11.5. The van der Waals surface area contributed by atoms with Crippen molar-refractivity contribution in [3.8, 4) is 11.5 Å². The van der Waals surface area contributed by atoms with Crippen LogP contribution in [0.3, 0.4) is 0 Å². The Bertz CT molecular complexity index is 1070. The molecular weight excluding hydrogens is 368 g/mol. The molecule has 0 spiro atoms. The Hall–Kier alpha value is -3.13. The quantitative estimate of drug-likeness (QED) is 0.644. The molecule has 8 heteroatoms. The number of methoxy groups -OCH3 is 3. The van der Waals surface area contributed by atoms with Gasteiger partial charge >= 0.3 is 5.97 Å². The SMILES string of the molecule is COC(=O)c1ccc2c(c1)sc(=NC(=O)c1cc(OC)cc(OC)c1)n2C. The smallest absolute Gasteiger partial charge is 0.337 e. The molecule has 0 saturated heterocycles. The van der Waals surface area contributed by atoms with Crippen molar-refractivity contribution in [2.75, 3.05) is 21.3 Å². The first-order chi connectivity index (χ1) is 13.0. The largest absolute Gasteiger partial charge is 0.497 e. The van der Waals surface area contributed by atoms with Gasteiger partial charge in [0.1, 0.15) is 11.5 Å². The van der Waals surface area contributed by atoms with Crippen molar-refractivity contribution in [2.24, 2.45) is 12.0 Å². The highest BCUT2D eigenvalue weighted by atomic mass is 32.1. The lowest BCUT2D eigenvalue weighted by atomic mass is 10.2. The van der Waals surface area contributed by atoms with E-state index in [1.54, 1.807) is 41.0 Å². The topological polar surface area (TPSA) is 79.1 Å². The number of carbonyl (C=O) groups excluding carboxylic acids is 2. The molecular formula is C19H18N2O5S. The zero-order valence-electron chi connectivity index (χ0n) is 15.3. The van der Waals surface area contributed by atoms with Gasteiger partial charge in [-0.15, -0.1) is 0 Å². The predicted molar refractivity (Wildman–Crippen MR) is 102 cm³/mol. The lowest BCUT2D eigenvalue weighted by Crippen LogP contribution is -2.13. The Labute approximate surface area is 159 Å². The summed E-state index contributed by atoms with van der Waals surface area (Å²) in [4.78, 5) is 29.1. The van der Waals surface area contributed by atoms with Crippen molar-refractivity contribution in [1.29, 1.82) is 0 Å². The fourth-order valence-corrected chi connectivity index (χ4v) is 3.62. The standard InChI is InChI=1S/C19H18N2O5S/c1-21-15-6-5-11(18(23)26-4)9-16(15)27-19(21)20-17(22)12-7-13(24-2)10-14(8-12)25-3/h5-10H,1-4H3. The van der Waals surface area contributed by atoms with Gasteiger partial charge in [-0.25, -0.2) is 4.79 Å². The van der Waals surface area contributed by atoms with Crippen LogP contribution in [-0.4, -0.2) is 37.8 Å². The van der Waals surface area contributed by atoms with Crippen LogP contribution in [0.25, 0.3) is 10.2 Å². The summed E-state index contributed by atoms with van der Waals surface area (Å²) < 4.78 is 17.8. The molecule has 2 aromatic carbocycles. The summed E-state index contributed by atoms with van der Waals surface area (Å²) in [6.07, 6.45) is 0. The monoisotopic (exact) mass is 386 g/mol. The molecule has 1 aromatic heterocycles. The summed E-state index contributed by atoms with van der Waals surface area (Å²) in [5.74, 6) is 0.196. The van der Waals surface area contributed by atoms with Gasteiger partial charge in [0.2, 0.25) is 0 Å². The van der Waals surface area contributed by atoms with Crippen LogP contribution in [0.1, 0.15) is 20.7 Å². The molecule has 27 heavy (non-hydrogen) atoms. The number of carbonyl (C=O) groups is 2. The summed E-state index contributed by atoms with van der Waals surface area (Å²) in [6, 6.07) is 10.1. The number of aryl methyl sites for hydroxylation is 1. The first-order valence-electron chi connectivity index (χ1n) is 7.97. The van der Waals surface area contributed by atoms with E-state index in [4.69, 9.17) is 14.2 Å². The molecule has 7 nitrogen and oxygen atoms in total. The maximum Gasteiger partial charge on any atom is 0.337 e. The molecule has 0 aliphatic rings. The van der Waals surface area contributed by atoms with Crippen LogP contribution >= 0.6 is 11.3 Å². The third-order valence-corrected chi connectivity index (χ3v) is 5.12. The number of hydrogen-bond acceptors (Lipinski definition) is 6. The van der Waals surface area contributed by atoms with E-state index in [0.29, 0.717) is 27.4 Å². The zero-order valence-corrected chi connectivity index (χ0v) is 16.1. The van der Waals surface area contributed by atoms with Gasteiger partial charge in [0.15, 0.2) is 4.80 Å². The Morgan fingerprint density at radius 3 is 2.22 bits per heavy atom. The highest BCUT2D eigenvalue weighted by Crippen LogP contribution is 2.23. The van der Waals surface area contributed by atoms with Gasteiger partial charge < -0.3 is 18.8 Å². The van der Waals surface area contributed by atoms with Crippen LogP contribution < -0.4 is 14.3 Å².